The molecule has 9 nitrogen and oxygen atoms in total. The molecule has 0 saturated heterocycles. The highest BCUT2D eigenvalue weighted by atomic mass is 15.2. The molecule has 1 saturated carbocycles. The van der Waals surface area contributed by atoms with E-state index in [0.717, 1.165) is 30.3 Å². The van der Waals surface area contributed by atoms with Crippen LogP contribution in [0.4, 0.5) is 11.9 Å². The van der Waals surface area contributed by atoms with Crippen LogP contribution in [0.2, 0.25) is 0 Å². The molecule has 0 atom stereocenters. The quantitative estimate of drug-likeness (QED) is 0.660. The van der Waals surface area contributed by atoms with Crippen LogP contribution in [-0.4, -0.2) is 34.1 Å². The summed E-state index contributed by atoms with van der Waals surface area (Å²) in [6, 6.07) is 0. The summed E-state index contributed by atoms with van der Waals surface area (Å²) in [6.07, 6.45) is 12.2. The molecule has 4 rings (SSSR count). The van der Waals surface area contributed by atoms with Crippen molar-refractivity contribution in [3.8, 4) is 0 Å². The van der Waals surface area contributed by atoms with Gasteiger partial charge in [0.05, 0.1) is 13.1 Å². The number of rotatable bonds is 7. The molecule has 1 aliphatic carbocycles. The average molecular weight is 367 g/mol. The van der Waals surface area contributed by atoms with Crippen molar-refractivity contribution in [2.45, 2.75) is 44.7 Å². The summed E-state index contributed by atoms with van der Waals surface area (Å²) in [5.74, 6) is 4.30. The Morgan fingerprint density at radius 3 is 1.81 bits per heavy atom. The van der Waals surface area contributed by atoms with Gasteiger partial charge in [0.1, 0.15) is 17.5 Å². The predicted molar refractivity (Wildman–Crippen MR) is 102 cm³/mol. The van der Waals surface area contributed by atoms with Crippen LogP contribution in [0, 0.1) is 0 Å². The molecule has 0 unspecified atom stereocenters. The minimum Gasteiger partial charge on any atom is -0.347 e. The molecule has 0 bridgehead atoms. The minimum atomic E-state index is 0.412. The Balaban J connectivity index is 1.52. The average Bonchev–Trinajstić information content (AvgIpc) is 3.41. The van der Waals surface area contributed by atoms with Gasteiger partial charge in [0.25, 0.3) is 0 Å². The fraction of sp³-hybridized carbons (Fsp3) is 0.500. The highest BCUT2D eigenvalue weighted by molar-refractivity contribution is 5.35. The van der Waals surface area contributed by atoms with Crippen molar-refractivity contribution >= 4 is 11.9 Å². The highest BCUT2D eigenvalue weighted by Crippen LogP contribution is 2.32. The van der Waals surface area contributed by atoms with Crippen LogP contribution in [0.5, 0.6) is 0 Å². The van der Waals surface area contributed by atoms with Crippen LogP contribution in [0.1, 0.15) is 49.1 Å². The van der Waals surface area contributed by atoms with Crippen molar-refractivity contribution < 1.29 is 0 Å². The van der Waals surface area contributed by atoms with Gasteiger partial charge < -0.3 is 19.8 Å². The fourth-order valence-electron chi connectivity index (χ4n) is 3.37. The van der Waals surface area contributed by atoms with Crippen LogP contribution in [0.3, 0.4) is 0 Å². The van der Waals surface area contributed by atoms with Crippen molar-refractivity contribution in [3.05, 3.63) is 42.3 Å². The smallest absolute Gasteiger partial charge is 0.228 e. The molecule has 142 valence electrons. The van der Waals surface area contributed by atoms with E-state index in [4.69, 9.17) is 0 Å². The summed E-state index contributed by atoms with van der Waals surface area (Å²) in [5.41, 5.74) is 0. The van der Waals surface area contributed by atoms with E-state index in [2.05, 4.69) is 35.6 Å². The second-order valence-electron chi connectivity index (χ2n) is 6.94. The number of nitrogens with zero attached hydrogens (tertiary/aromatic N) is 7. The third-order valence-electron chi connectivity index (χ3n) is 5.02. The zero-order valence-electron chi connectivity index (χ0n) is 15.8. The maximum Gasteiger partial charge on any atom is 0.228 e. The number of hydrogen-bond donors (Lipinski definition) is 2. The third-order valence-corrected chi connectivity index (χ3v) is 5.02. The molecule has 0 amide bonds. The summed E-state index contributed by atoms with van der Waals surface area (Å²) >= 11 is 0. The van der Waals surface area contributed by atoms with Crippen molar-refractivity contribution in [1.82, 2.24) is 34.1 Å². The maximum absolute atomic E-state index is 4.68. The van der Waals surface area contributed by atoms with Crippen LogP contribution >= 0.6 is 0 Å². The zero-order valence-corrected chi connectivity index (χ0v) is 15.8. The van der Waals surface area contributed by atoms with Crippen LogP contribution < -0.4 is 10.6 Å². The lowest BCUT2D eigenvalue weighted by molar-refractivity contribution is 0.661. The Hall–Kier alpha value is -2.97. The van der Waals surface area contributed by atoms with E-state index in [1.807, 2.05) is 35.6 Å². The molecule has 0 radical (unpaired) electrons. The second-order valence-corrected chi connectivity index (χ2v) is 6.94. The van der Waals surface area contributed by atoms with Gasteiger partial charge in [0, 0.05) is 44.8 Å². The van der Waals surface area contributed by atoms with E-state index < -0.39 is 0 Å². The normalized spacial score (nSPS) is 14.6. The molecule has 3 heterocycles. The third kappa shape index (κ3) is 4.07. The van der Waals surface area contributed by atoms with Gasteiger partial charge in [-0.05, 0) is 12.8 Å². The van der Waals surface area contributed by atoms with Gasteiger partial charge in [-0.3, -0.25) is 0 Å². The van der Waals surface area contributed by atoms with Gasteiger partial charge in [-0.25, -0.2) is 9.97 Å². The molecule has 2 N–H and O–H groups in total. The SMILES string of the molecule is Cn1ccnc1CNc1nc(NCc2nccn2C)nc(C2CCCC2)n1. The van der Waals surface area contributed by atoms with Crippen molar-refractivity contribution in [2.75, 3.05) is 10.6 Å². The van der Waals surface area contributed by atoms with Gasteiger partial charge >= 0.3 is 0 Å². The van der Waals surface area contributed by atoms with E-state index >= 15 is 0 Å². The van der Waals surface area contributed by atoms with Crippen molar-refractivity contribution in [1.29, 1.82) is 0 Å². The summed E-state index contributed by atoms with van der Waals surface area (Å²) in [5, 5.41) is 6.58. The molecule has 1 aliphatic rings. The van der Waals surface area contributed by atoms with Gasteiger partial charge in [-0.2, -0.15) is 15.0 Å². The van der Waals surface area contributed by atoms with Crippen LogP contribution in [0.15, 0.2) is 24.8 Å². The zero-order chi connectivity index (χ0) is 18.6. The van der Waals surface area contributed by atoms with E-state index in [9.17, 15) is 0 Å². The van der Waals surface area contributed by atoms with Gasteiger partial charge in [0.15, 0.2) is 0 Å². The molecule has 3 aromatic rings. The minimum absolute atomic E-state index is 0.412. The number of aryl methyl sites for hydroxylation is 2. The van der Waals surface area contributed by atoms with Gasteiger partial charge in [-0.1, -0.05) is 12.8 Å². The first-order valence-electron chi connectivity index (χ1n) is 9.35. The van der Waals surface area contributed by atoms with Gasteiger partial charge in [0.2, 0.25) is 11.9 Å². The molecule has 0 aromatic carbocycles. The Bertz CT molecular complexity index is 829. The molecule has 1 fully saturated rings. The van der Waals surface area contributed by atoms with Crippen molar-refractivity contribution in [3.63, 3.8) is 0 Å². The Labute approximate surface area is 158 Å². The first-order valence-corrected chi connectivity index (χ1v) is 9.35. The Kier molecular flexibility index (Phi) is 4.99. The fourth-order valence-corrected chi connectivity index (χ4v) is 3.37. The molecule has 27 heavy (non-hydrogen) atoms. The Morgan fingerprint density at radius 1 is 0.852 bits per heavy atom. The van der Waals surface area contributed by atoms with E-state index in [1.54, 1.807) is 12.4 Å². The summed E-state index contributed by atoms with van der Waals surface area (Å²) in [6.45, 7) is 1.13. The van der Waals surface area contributed by atoms with Crippen LogP contribution in [0.25, 0.3) is 0 Å². The van der Waals surface area contributed by atoms with Crippen molar-refractivity contribution in [2.24, 2.45) is 14.1 Å². The number of nitrogens with one attached hydrogen (secondary N) is 2. The summed E-state index contributed by atoms with van der Waals surface area (Å²) in [7, 11) is 3.95. The largest absolute Gasteiger partial charge is 0.347 e. The molecule has 9 heteroatoms. The number of aromatic nitrogens is 7. The number of hydrogen-bond acceptors (Lipinski definition) is 7. The molecule has 0 spiro atoms. The molecular formula is C18H25N9. The molecule has 3 aromatic heterocycles. The Morgan fingerprint density at radius 2 is 1.37 bits per heavy atom. The maximum atomic E-state index is 4.68. The lowest BCUT2D eigenvalue weighted by Gasteiger charge is -2.13. The number of anilines is 2. The van der Waals surface area contributed by atoms with E-state index in [-0.39, 0.29) is 0 Å². The second kappa shape index (κ2) is 7.73. The van der Waals surface area contributed by atoms with Gasteiger partial charge in [-0.15, -0.1) is 0 Å². The summed E-state index contributed by atoms with van der Waals surface area (Å²) in [4.78, 5) is 22.6. The molecular weight excluding hydrogens is 342 g/mol. The van der Waals surface area contributed by atoms with E-state index in [0.29, 0.717) is 30.9 Å². The lowest BCUT2D eigenvalue weighted by Crippen LogP contribution is -2.15. The lowest BCUT2D eigenvalue weighted by atomic mass is 10.1. The van der Waals surface area contributed by atoms with Crippen LogP contribution in [-0.2, 0) is 27.2 Å². The number of imidazole rings is 2. The van der Waals surface area contributed by atoms with E-state index in [1.165, 1.54) is 12.8 Å². The highest BCUT2D eigenvalue weighted by Gasteiger charge is 2.21. The topological polar surface area (TPSA) is 98.4 Å². The predicted octanol–water partition coefficient (Wildman–Crippen LogP) is 2.22. The first kappa shape index (κ1) is 17.4. The monoisotopic (exact) mass is 367 g/mol. The summed E-state index contributed by atoms with van der Waals surface area (Å²) < 4.78 is 3.96. The standard InChI is InChI=1S/C18H25N9/c1-26-9-7-19-14(26)11-21-17-23-16(13-5-3-4-6-13)24-18(25-17)22-12-15-20-8-10-27(15)2/h7-10,13H,3-6,11-12H2,1-2H3,(H2,21,22,23,24,25). The molecule has 0 aliphatic heterocycles. The first-order chi connectivity index (χ1) is 13.2.